The van der Waals surface area contributed by atoms with Crippen LogP contribution in [0.1, 0.15) is 36.7 Å². The quantitative estimate of drug-likeness (QED) is 0.182. The lowest BCUT2D eigenvalue weighted by molar-refractivity contribution is -0.131. The highest BCUT2D eigenvalue weighted by Crippen LogP contribution is 2.32. The number of carbonyl (C=O) groups excluding carboxylic acids is 2. The van der Waals surface area contributed by atoms with E-state index in [2.05, 4.69) is 25.3 Å². The van der Waals surface area contributed by atoms with E-state index in [9.17, 15) is 27.2 Å². The van der Waals surface area contributed by atoms with Gasteiger partial charge in [0.2, 0.25) is 11.7 Å². The molecule has 0 bridgehead atoms. The van der Waals surface area contributed by atoms with Gasteiger partial charge in [-0.2, -0.15) is 13.2 Å². The number of rotatable bonds is 11. The zero-order valence-electron chi connectivity index (χ0n) is 24.2. The molecule has 228 valence electrons. The Kier molecular flexibility index (Phi) is 9.61. The number of nitrogens with zero attached hydrogens (tertiary/aromatic N) is 5. The SMILES string of the molecule is CCc1cc(Nc2nccn3c(-c4ccc(OC(F)F)c(F)c4F)cnc23)ccc1C(=O)NC(=O)C(C)N(CC)N(C)C. The van der Waals surface area contributed by atoms with Crippen LogP contribution in [-0.4, -0.2) is 69.5 Å². The molecule has 43 heavy (non-hydrogen) atoms. The van der Waals surface area contributed by atoms with E-state index in [0.717, 1.165) is 12.1 Å². The molecule has 0 fully saturated rings. The molecular formula is C29H31F4N7O3. The molecule has 4 rings (SSSR count). The molecule has 0 saturated carbocycles. The van der Waals surface area contributed by atoms with Crippen LogP contribution in [0.2, 0.25) is 0 Å². The molecule has 4 aromatic rings. The second-order valence-electron chi connectivity index (χ2n) is 9.68. The predicted octanol–water partition coefficient (Wildman–Crippen LogP) is 5.03. The summed E-state index contributed by atoms with van der Waals surface area (Å²) in [6.07, 6.45) is 4.70. The van der Waals surface area contributed by atoms with Gasteiger partial charge in [-0.15, -0.1) is 0 Å². The van der Waals surface area contributed by atoms with Gasteiger partial charge in [0.1, 0.15) is 6.04 Å². The van der Waals surface area contributed by atoms with Gasteiger partial charge in [-0.25, -0.2) is 24.4 Å². The zero-order valence-corrected chi connectivity index (χ0v) is 24.2. The van der Waals surface area contributed by atoms with Crippen LogP contribution in [-0.2, 0) is 11.2 Å². The van der Waals surface area contributed by atoms with E-state index in [4.69, 9.17) is 0 Å². The number of ether oxygens (including phenoxy) is 1. The maximum absolute atomic E-state index is 14.8. The highest BCUT2D eigenvalue weighted by Gasteiger charge is 2.25. The molecular weight excluding hydrogens is 570 g/mol. The monoisotopic (exact) mass is 601 g/mol. The number of hydrogen-bond acceptors (Lipinski definition) is 8. The van der Waals surface area contributed by atoms with Crippen molar-refractivity contribution in [1.82, 2.24) is 29.7 Å². The van der Waals surface area contributed by atoms with Crippen molar-refractivity contribution in [1.29, 1.82) is 0 Å². The van der Waals surface area contributed by atoms with Crippen molar-refractivity contribution < 1.29 is 31.9 Å². The number of anilines is 2. The largest absolute Gasteiger partial charge is 0.432 e. The smallest absolute Gasteiger partial charge is 0.387 e. The Bertz CT molecular complexity index is 1640. The number of nitrogens with one attached hydrogen (secondary N) is 2. The summed E-state index contributed by atoms with van der Waals surface area (Å²) in [6, 6.07) is 6.46. The van der Waals surface area contributed by atoms with Gasteiger partial charge < -0.3 is 10.1 Å². The Morgan fingerprint density at radius 2 is 1.81 bits per heavy atom. The lowest BCUT2D eigenvalue weighted by atomic mass is 10.0. The Morgan fingerprint density at radius 3 is 2.47 bits per heavy atom. The van der Waals surface area contributed by atoms with E-state index >= 15 is 0 Å². The lowest BCUT2D eigenvalue weighted by Crippen LogP contribution is -2.51. The minimum Gasteiger partial charge on any atom is -0.432 e. The van der Waals surface area contributed by atoms with Crippen molar-refractivity contribution in [2.45, 2.75) is 39.8 Å². The Balaban J connectivity index is 1.58. The van der Waals surface area contributed by atoms with E-state index < -0.39 is 41.9 Å². The van der Waals surface area contributed by atoms with Crippen LogP contribution in [0.15, 0.2) is 48.9 Å². The zero-order chi connectivity index (χ0) is 31.4. The van der Waals surface area contributed by atoms with Crippen molar-refractivity contribution in [3.8, 4) is 17.0 Å². The number of likely N-dealkylation sites (N-methyl/N-ethyl adjacent to an activating group) is 1. The fourth-order valence-corrected chi connectivity index (χ4v) is 4.77. The van der Waals surface area contributed by atoms with Crippen molar-refractivity contribution in [3.05, 3.63) is 71.7 Å². The number of fused-ring (bicyclic) bond motifs is 1. The molecule has 10 nitrogen and oxygen atoms in total. The first kappa shape index (κ1) is 31.4. The molecule has 0 aliphatic carbocycles. The summed E-state index contributed by atoms with van der Waals surface area (Å²) in [5.41, 5.74) is 1.77. The molecule has 2 aromatic heterocycles. The van der Waals surface area contributed by atoms with Crippen LogP contribution in [0, 0.1) is 11.6 Å². The summed E-state index contributed by atoms with van der Waals surface area (Å²) in [5, 5.41) is 9.21. The predicted molar refractivity (Wildman–Crippen MR) is 152 cm³/mol. The molecule has 0 saturated heterocycles. The minimum absolute atomic E-state index is 0.150. The number of imidazole rings is 1. The van der Waals surface area contributed by atoms with Crippen molar-refractivity contribution >= 4 is 29.0 Å². The van der Waals surface area contributed by atoms with Gasteiger partial charge in [-0.3, -0.25) is 19.3 Å². The number of amides is 2. The number of carbonyl (C=O) groups is 2. The first-order valence-electron chi connectivity index (χ1n) is 13.4. The van der Waals surface area contributed by atoms with Gasteiger partial charge in [0.05, 0.1) is 11.9 Å². The van der Waals surface area contributed by atoms with Crippen molar-refractivity contribution in [2.24, 2.45) is 0 Å². The summed E-state index contributed by atoms with van der Waals surface area (Å²) in [7, 11) is 3.64. The third-order valence-electron chi connectivity index (χ3n) is 6.86. The normalized spacial score (nSPS) is 12.3. The molecule has 1 atom stereocenters. The Hall–Kier alpha value is -4.56. The van der Waals surface area contributed by atoms with Gasteiger partial charge >= 0.3 is 6.61 Å². The fourth-order valence-electron chi connectivity index (χ4n) is 4.77. The molecule has 2 heterocycles. The van der Waals surface area contributed by atoms with Gasteiger partial charge in [-0.05, 0) is 49.2 Å². The van der Waals surface area contributed by atoms with E-state index in [-0.39, 0.29) is 22.7 Å². The maximum atomic E-state index is 14.8. The summed E-state index contributed by atoms with van der Waals surface area (Å²) in [5.74, 6) is -4.50. The molecule has 0 radical (unpaired) electrons. The highest BCUT2D eigenvalue weighted by atomic mass is 19.3. The number of halogens is 4. The molecule has 1 unspecified atom stereocenters. The molecule has 0 spiro atoms. The van der Waals surface area contributed by atoms with Crippen LogP contribution < -0.4 is 15.4 Å². The second-order valence-corrected chi connectivity index (χ2v) is 9.68. The van der Waals surface area contributed by atoms with Gasteiger partial charge in [0.25, 0.3) is 5.91 Å². The minimum atomic E-state index is -3.31. The summed E-state index contributed by atoms with van der Waals surface area (Å²) in [6.45, 7) is 2.78. The number of benzene rings is 2. The molecule has 14 heteroatoms. The Labute approximate surface area is 245 Å². The van der Waals surface area contributed by atoms with E-state index in [1.807, 2.05) is 33.0 Å². The van der Waals surface area contributed by atoms with Crippen LogP contribution >= 0.6 is 0 Å². The third-order valence-corrected chi connectivity index (χ3v) is 6.86. The van der Waals surface area contributed by atoms with Gasteiger partial charge in [-0.1, -0.05) is 13.8 Å². The molecule has 2 N–H and O–H groups in total. The first-order chi connectivity index (χ1) is 20.5. The van der Waals surface area contributed by atoms with Crippen molar-refractivity contribution in [2.75, 3.05) is 26.0 Å². The molecule has 2 aromatic carbocycles. The average Bonchev–Trinajstić information content (AvgIpc) is 3.40. The molecule has 2 amide bonds. The number of aromatic nitrogens is 3. The van der Waals surface area contributed by atoms with Crippen LogP contribution in [0.25, 0.3) is 16.9 Å². The maximum Gasteiger partial charge on any atom is 0.387 e. The summed E-state index contributed by atoms with van der Waals surface area (Å²) >= 11 is 0. The first-order valence-corrected chi connectivity index (χ1v) is 13.4. The van der Waals surface area contributed by atoms with Gasteiger partial charge in [0, 0.05) is 49.8 Å². The van der Waals surface area contributed by atoms with E-state index in [0.29, 0.717) is 29.8 Å². The standard InChI is InChI=1S/C29H31F4N7O3/c1-6-17-14-18(8-9-19(17)28(42)37-27(41)16(3)40(7-2)38(4)5)36-25-26-35-15-21(39(26)13-12-34-25)20-10-11-22(43-29(32)33)24(31)23(20)30/h8-16,29H,6-7H2,1-5H3,(H,34,36)(H,37,41,42). The number of hydrogen-bond donors (Lipinski definition) is 2. The molecule has 0 aliphatic rings. The van der Waals surface area contributed by atoms with Crippen molar-refractivity contribution in [3.63, 3.8) is 0 Å². The fraction of sp³-hybridized carbons (Fsp3) is 0.310. The lowest BCUT2D eigenvalue weighted by Gasteiger charge is -2.32. The average molecular weight is 602 g/mol. The Morgan fingerprint density at radius 1 is 1.07 bits per heavy atom. The summed E-state index contributed by atoms with van der Waals surface area (Å²) in [4.78, 5) is 34.4. The van der Waals surface area contributed by atoms with Crippen LogP contribution in [0.4, 0.5) is 29.1 Å². The number of hydrazine groups is 1. The van der Waals surface area contributed by atoms with E-state index in [1.54, 1.807) is 30.1 Å². The topological polar surface area (TPSA) is 104 Å². The van der Waals surface area contributed by atoms with Crippen LogP contribution in [0.3, 0.4) is 0 Å². The van der Waals surface area contributed by atoms with E-state index in [1.165, 1.54) is 23.0 Å². The van der Waals surface area contributed by atoms with Gasteiger partial charge in [0.15, 0.2) is 23.0 Å². The molecule has 0 aliphatic heterocycles. The number of aryl methyl sites for hydroxylation is 1. The second kappa shape index (κ2) is 13.2. The van der Waals surface area contributed by atoms with Crippen LogP contribution in [0.5, 0.6) is 5.75 Å². The summed E-state index contributed by atoms with van der Waals surface area (Å²) < 4.78 is 59.7. The number of imide groups is 1. The highest BCUT2D eigenvalue weighted by molar-refractivity contribution is 6.07. The number of alkyl halides is 2. The third kappa shape index (κ3) is 6.60.